The van der Waals surface area contributed by atoms with Crippen LogP contribution in [0.25, 0.3) is 0 Å². The molecule has 250 valence electrons. The average Bonchev–Trinajstić information content (AvgIpc) is 3.57. The highest BCUT2D eigenvalue weighted by Gasteiger charge is 2.46. The minimum Gasteiger partial charge on any atom is -0.212 e. The molecule has 2 rings (SSSR count). The quantitative estimate of drug-likeness (QED) is 0.127. The lowest BCUT2D eigenvalue weighted by Crippen LogP contribution is -2.31. The van der Waals surface area contributed by atoms with Gasteiger partial charge in [-0.2, -0.15) is 16.3 Å². The molecule has 0 unspecified atom stereocenters. The molecule has 0 radical (unpaired) electrons. The molecule has 0 saturated carbocycles. The molecular weight excluding hydrogens is 662 g/mol. The van der Waals surface area contributed by atoms with Gasteiger partial charge in [-0.15, -0.1) is 0 Å². The van der Waals surface area contributed by atoms with E-state index in [1.807, 2.05) is 27.7 Å². The summed E-state index contributed by atoms with van der Waals surface area (Å²) in [4.78, 5) is 0. The summed E-state index contributed by atoms with van der Waals surface area (Å²) in [6.07, 6.45) is 6.44. The Bertz CT molecular complexity index is 1080. The molecule has 2 aliphatic rings. The van der Waals surface area contributed by atoms with Crippen molar-refractivity contribution in [2.24, 2.45) is 0 Å². The number of rotatable bonds is 21. The predicted octanol–water partition coefficient (Wildman–Crippen LogP) is 4.15. The van der Waals surface area contributed by atoms with Crippen molar-refractivity contribution in [3.05, 3.63) is 0 Å². The largest absolute Gasteiger partial charge is 0.218 e. The smallest absolute Gasteiger partial charge is 0.212 e. The van der Waals surface area contributed by atoms with E-state index < -0.39 is 56.5 Å². The van der Waals surface area contributed by atoms with Crippen molar-refractivity contribution < 1.29 is 33.7 Å². The van der Waals surface area contributed by atoms with Gasteiger partial charge in [-0.3, -0.25) is 0 Å². The predicted molar refractivity (Wildman–Crippen MR) is 174 cm³/mol. The Hall–Kier alpha value is 0.500. The molecule has 0 atom stereocenters. The fourth-order valence-electron chi connectivity index (χ4n) is 4.84. The molecule has 0 N–H and O–H groups in total. The number of nitrogens with zero attached hydrogens (tertiary/aromatic N) is 4. The zero-order valence-electron chi connectivity index (χ0n) is 25.7. The Kier molecular flexibility index (Phi) is 16.0. The van der Waals surface area contributed by atoms with Crippen LogP contribution in [0.15, 0.2) is 0 Å². The van der Waals surface area contributed by atoms with Crippen LogP contribution in [0.1, 0.15) is 91.9 Å². The van der Waals surface area contributed by atoms with E-state index >= 15 is 0 Å². The molecule has 0 bridgehead atoms. The van der Waals surface area contributed by atoms with Gasteiger partial charge < -0.3 is 0 Å². The van der Waals surface area contributed by atoms with E-state index in [0.717, 1.165) is 0 Å². The van der Waals surface area contributed by atoms with Gasteiger partial charge in [-0.1, -0.05) is 53.4 Å². The second-order valence-electron chi connectivity index (χ2n) is 10.8. The number of unbranched alkanes of at least 4 members (excludes halogenated alkanes) is 5. The van der Waals surface area contributed by atoms with Crippen LogP contribution >= 0.6 is 16.4 Å². The Morgan fingerprint density at radius 1 is 0.405 bits per heavy atom. The Labute approximate surface area is 258 Å². The molecule has 0 aromatic heterocycles. The Balaban J connectivity index is 2.24. The van der Waals surface area contributed by atoms with Gasteiger partial charge in [-0.25, -0.2) is 33.7 Å². The van der Waals surface area contributed by atoms with Crippen LogP contribution in [0.3, 0.4) is 0 Å². The topological polar surface area (TPSA) is 150 Å². The van der Waals surface area contributed by atoms with E-state index in [1.54, 1.807) is 0 Å². The van der Waals surface area contributed by atoms with Crippen molar-refractivity contribution in [3.63, 3.8) is 0 Å². The third-order valence-corrected chi connectivity index (χ3v) is 23.3. The van der Waals surface area contributed by atoms with Crippen LogP contribution in [0.2, 0.25) is 0 Å². The summed E-state index contributed by atoms with van der Waals surface area (Å²) in [6.45, 7) is 8.20. The minimum absolute atomic E-state index is 0.0222. The van der Waals surface area contributed by atoms with Crippen molar-refractivity contribution >= 4 is 56.5 Å². The van der Waals surface area contributed by atoms with E-state index in [1.165, 1.54) is 16.3 Å². The monoisotopic (exact) mass is 714 g/mol. The van der Waals surface area contributed by atoms with Crippen molar-refractivity contribution in [1.82, 2.24) is 16.3 Å². The van der Waals surface area contributed by atoms with Gasteiger partial charge in [0.25, 0.3) is 0 Å². The fraction of sp³-hybridized carbons (Fsp3) is 1.00. The summed E-state index contributed by atoms with van der Waals surface area (Å²) in [7, 11) is -17.8. The second-order valence-corrected chi connectivity index (χ2v) is 24.2. The van der Waals surface area contributed by atoms with Gasteiger partial charge in [0.1, 0.15) is 0 Å². The van der Waals surface area contributed by atoms with Crippen molar-refractivity contribution in [1.29, 1.82) is 0 Å². The summed E-state index contributed by atoms with van der Waals surface area (Å²) in [5.74, 6) is -0.0887. The van der Waals surface area contributed by atoms with Crippen LogP contribution in [-0.4, -0.2) is 111 Å². The normalized spacial score (nSPS) is 19.8. The minimum atomic E-state index is -3.63. The lowest BCUT2D eigenvalue weighted by atomic mass is 10.4. The lowest BCUT2D eigenvalue weighted by Gasteiger charge is -2.30. The maximum Gasteiger partial charge on any atom is 0.218 e. The second kappa shape index (κ2) is 17.4. The summed E-state index contributed by atoms with van der Waals surface area (Å²) >= 11 is 0. The average molecular weight is 715 g/mol. The van der Waals surface area contributed by atoms with E-state index in [0.29, 0.717) is 76.5 Å². The molecule has 12 nitrogen and oxygen atoms in total. The van der Waals surface area contributed by atoms with E-state index in [2.05, 4.69) is 0 Å². The van der Waals surface area contributed by atoms with Gasteiger partial charge in [0.15, 0.2) is 0 Å². The van der Waals surface area contributed by atoms with Crippen LogP contribution in [0, 0.1) is 0 Å². The standard InChI is InChI=1S/C24H52N4O8P2S4/c1-5-9-21-39(29,30)25-15-16-26(40(31,32)22-10-6-2)37(25)19-13-14-20-38-27(41(33,34)23-11-7-3)17-18-28(38)42(35,36)24-12-8-4/h5-24H2,1-4H3. The van der Waals surface area contributed by atoms with E-state index in [-0.39, 0.29) is 49.2 Å². The molecule has 0 amide bonds. The molecule has 2 aliphatic heterocycles. The fourth-order valence-corrected chi connectivity index (χ4v) is 21.3. The first kappa shape index (κ1) is 38.7. The third-order valence-electron chi connectivity index (χ3n) is 7.27. The Morgan fingerprint density at radius 2 is 0.619 bits per heavy atom. The van der Waals surface area contributed by atoms with Crippen LogP contribution in [-0.2, 0) is 40.1 Å². The first-order chi connectivity index (χ1) is 19.7. The SMILES string of the molecule is CCCCS(=O)(=O)N1CCN(S(=O)(=O)CCCC)P1CCCCP1N(S(=O)(=O)CCCC)CCN1S(=O)(=O)CCCC. The van der Waals surface area contributed by atoms with Gasteiger partial charge in [0, 0.05) is 26.2 Å². The van der Waals surface area contributed by atoms with Gasteiger partial charge in [0.2, 0.25) is 40.1 Å². The van der Waals surface area contributed by atoms with Crippen molar-refractivity contribution in [2.45, 2.75) is 91.9 Å². The number of sulfonamides is 4. The molecule has 2 heterocycles. The summed E-state index contributed by atoms with van der Waals surface area (Å²) in [6, 6.07) is 0. The van der Waals surface area contributed by atoms with Crippen molar-refractivity contribution in [3.8, 4) is 0 Å². The first-order valence-corrected chi connectivity index (χ1v) is 24.5. The van der Waals surface area contributed by atoms with Gasteiger partial charge in [-0.05, 0) is 50.8 Å². The highest BCUT2D eigenvalue weighted by molar-refractivity contribution is 7.99. The molecule has 18 heteroatoms. The maximum absolute atomic E-state index is 13.2. The molecular formula is C24H52N4O8P2S4. The highest BCUT2D eigenvalue weighted by atomic mass is 32.2. The Morgan fingerprint density at radius 3 is 0.810 bits per heavy atom. The van der Waals surface area contributed by atoms with Crippen molar-refractivity contribution in [2.75, 3.05) is 61.5 Å². The van der Waals surface area contributed by atoms with Gasteiger partial charge in [0.05, 0.1) is 39.5 Å². The summed E-state index contributed by atoms with van der Waals surface area (Å²) < 4.78 is 111. The van der Waals surface area contributed by atoms with Crippen LogP contribution in [0.4, 0.5) is 0 Å². The molecule has 0 spiro atoms. The molecule has 0 aromatic carbocycles. The highest BCUT2D eigenvalue weighted by Crippen LogP contribution is 2.55. The number of hydrogen-bond donors (Lipinski definition) is 0. The van der Waals surface area contributed by atoms with E-state index in [9.17, 15) is 33.7 Å². The van der Waals surface area contributed by atoms with Crippen LogP contribution in [0.5, 0.6) is 0 Å². The van der Waals surface area contributed by atoms with Crippen LogP contribution < -0.4 is 0 Å². The first-order valence-electron chi connectivity index (χ1n) is 15.2. The summed E-state index contributed by atoms with van der Waals surface area (Å²) in [5, 5.41) is 0. The van der Waals surface area contributed by atoms with E-state index in [4.69, 9.17) is 0 Å². The zero-order valence-corrected chi connectivity index (χ0v) is 30.8. The zero-order chi connectivity index (χ0) is 31.6. The molecule has 42 heavy (non-hydrogen) atoms. The molecule has 2 fully saturated rings. The third kappa shape index (κ3) is 10.5. The molecule has 2 saturated heterocycles. The molecule has 0 aliphatic carbocycles. The number of hydrogen-bond acceptors (Lipinski definition) is 8. The molecule has 0 aromatic rings. The summed E-state index contributed by atoms with van der Waals surface area (Å²) in [5.41, 5.74) is 0. The lowest BCUT2D eigenvalue weighted by molar-refractivity contribution is 0.533. The maximum atomic E-state index is 13.2. The van der Waals surface area contributed by atoms with Gasteiger partial charge >= 0.3 is 0 Å².